The Morgan fingerprint density at radius 3 is 2.50 bits per heavy atom. The van der Waals surface area contributed by atoms with Crippen molar-refractivity contribution in [3.05, 3.63) is 48.2 Å². The smallest absolute Gasteiger partial charge is 0.328 e. The Kier molecular flexibility index (Phi) is 8.25. The predicted octanol–water partition coefficient (Wildman–Crippen LogP) is 2.27. The Labute approximate surface area is 180 Å². The summed E-state index contributed by atoms with van der Waals surface area (Å²) < 4.78 is 6.24. The van der Waals surface area contributed by atoms with Gasteiger partial charge in [0.15, 0.2) is 0 Å². The van der Waals surface area contributed by atoms with Crippen molar-refractivity contribution in [1.82, 2.24) is 14.8 Å². The van der Waals surface area contributed by atoms with Crippen molar-refractivity contribution in [2.75, 3.05) is 34.2 Å². The van der Waals surface area contributed by atoms with E-state index in [1.165, 1.54) is 0 Å². The van der Waals surface area contributed by atoms with Crippen molar-refractivity contribution in [3.8, 4) is 5.75 Å². The van der Waals surface area contributed by atoms with Crippen LogP contribution in [0.25, 0.3) is 10.9 Å². The predicted molar refractivity (Wildman–Crippen MR) is 118 cm³/mol. The van der Waals surface area contributed by atoms with Crippen LogP contribution in [-0.4, -0.2) is 82.3 Å². The number of ether oxygens (including phenoxy) is 1. The lowest BCUT2D eigenvalue weighted by Crippen LogP contribution is -2.35. The number of rotatable bonds is 5. The number of carbonyl (C=O) groups is 2. The molecule has 0 bridgehead atoms. The summed E-state index contributed by atoms with van der Waals surface area (Å²) in [6, 6.07) is 10.1. The second-order valence-electron chi connectivity index (χ2n) is 7.06. The van der Waals surface area contributed by atoms with E-state index in [-0.39, 0.29) is 6.10 Å². The van der Waals surface area contributed by atoms with Gasteiger partial charge in [-0.3, -0.25) is 0 Å². The zero-order valence-electron chi connectivity index (χ0n) is 17.1. The molecule has 0 fully saturated rings. The van der Waals surface area contributed by atoms with Crippen LogP contribution in [0.15, 0.2) is 42.5 Å². The molecule has 1 aliphatic rings. The van der Waals surface area contributed by atoms with Crippen LogP contribution in [0.5, 0.6) is 5.75 Å². The summed E-state index contributed by atoms with van der Waals surface area (Å²) in [6.45, 7) is 1.78. The number of pyridine rings is 1. The molecule has 1 aliphatic heterocycles. The summed E-state index contributed by atoms with van der Waals surface area (Å²) in [5.41, 5.74) is 1.73. The molecule has 0 saturated carbocycles. The van der Waals surface area contributed by atoms with Crippen LogP contribution in [0.2, 0.25) is 0 Å². The molecule has 2 aromatic rings. The topological polar surface area (TPSA) is 103 Å². The van der Waals surface area contributed by atoms with Gasteiger partial charge in [-0.2, -0.15) is 0 Å². The maximum atomic E-state index is 9.55. The first-order valence-corrected chi connectivity index (χ1v) is 9.68. The number of aromatic nitrogens is 1. The van der Waals surface area contributed by atoms with Gasteiger partial charge in [0.2, 0.25) is 0 Å². The van der Waals surface area contributed by atoms with Crippen LogP contribution in [0.4, 0.5) is 0 Å². The van der Waals surface area contributed by atoms with E-state index >= 15 is 0 Å². The fourth-order valence-corrected chi connectivity index (χ4v) is 3.04. The third-order valence-electron chi connectivity index (χ3n) is 4.28. The van der Waals surface area contributed by atoms with Gasteiger partial charge < -0.3 is 24.7 Å². The molecule has 1 aromatic carbocycles. The van der Waals surface area contributed by atoms with Crippen LogP contribution in [-0.2, 0) is 9.59 Å². The third-order valence-corrected chi connectivity index (χ3v) is 4.78. The second-order valence-corrected chi connectivity index (χ2v) is 7.44. The van der Waals surface area contributed by atoms with E-state index in [1.54, 1.807) is 0 Å². The molecule has 2 N–H and O–H groups in total. The minimum atomic E-state index is -1.26. The molecule has 1 aromatic heterocycles. The molecule has 160 valence electrons. The van der Waals surface area contributed by atoms with Crippen LogP contribution < -0.4 is 4.74 Å². The highest BCUT2D eigenvalue weighted by Gasteiger charge is 2.25. The molecule has 0 aliphatic carbocycles. The summed E-state index contributed by atoms with van der Waals surface area (Å²) in [5, 5.41) is 16.7. The molecule has 3 rings (SSSR count). The molecule has 2 heterocycles. The number of benzene rings is 1. The van der Waals surface area contributed by atoms with Crippen molar-refractivity contribution < 1.29 is 24.5 Å². The van der Waals surface area contributed by atoms with Gasteiger partial charge >= 0.3 is 11.9 Å². The summed E-state index contributed by atoms with van der Waals surface area (Å²) in [7, 11) is 6.17. The number of likely N-dealkylation sites (N-methyl/N-ethyl adjacent to an activating group) is 1. The molecule has 1 unspecified atom stereocenters. The van der Waals surface area contributed by atoms with E-state index in [0.29, 0.717) is 12.2 Å². The Hall–Kier alpha value is -3.04. The van der Waals surface area contributed by atoms with Crippen molar-refractivity contribution in [2.24, 2.45) is 0 Å². The minimum absolute atomic E-state index is 0.120. The molecule has 1 atom stereocenters. The Balaban J connectivity index is 0.000000343. The summed E-state index contributed by atoms with van der Waals surface area (Å²) >= 11 is 5.59. The Morgan fingerprint density at radius 2 is 1.90 bits per heavy atom. The Bertz CT molecular complexity index is 945. The second kappa shape index (κ2) is 10.7. The molecule has 0 spiro atoms. The van der Waals surface area contributed by atoms with Crippen LogP contribution in [0, 0.1) is 0 Å². The SMILES string of the molecule is CN(C)CCC1CN(C)C(=S)c2nc3ccccc3cc2O1.O=C(O)C=CC(=O)O. The summed E-state index contributed by atoms with van der Waals surface area (Å²) in [5.74, 6) is -1.71. The number of carboxylic acids is 2. The fraction of sp³-hybridized carbons (Fsp3) is 0.333. The molecule has 30 heavy (non-hydrogen) atoms. The van der Waals surface area contributed by atoms with E-state index in [0.717, 1.165) is 46.8 Å². The largest absolute Gasteiger partial charge is 0.486 e. The monoisotopic (exact) mass is 431 g/mol. The zero-order chi connectivity index (χ0) is 22.3. The molecular formula is C21H25N3O5S. The number of nitrogens with zero attached hydrogens (tertiary/aromatic N) is 3. The molecule has 0 radical (unpaired) electrons. The van der Waals surface area contributed by atoms with E-state index < -0.39 is 11.9 Å². The van der Waals surface area contributed by atoms with Gasteiger partial charge in [0.1, 0.15) is 22.5 Å². The molecule has 0 saturated heterocycles. The van der Waals surface area contributed by atoms with Gasteiger partial charge in [-0.25, -0.2) is 14.6 Å². The number of aliphatic carboxylic acids is 2. The van der Waals surface area contributed by atoms with Crippen molar-refractivity contribution in [3.63, 3.8) is 0 Å². The quantitative estimate of drug-likeness (QED) is 0.545. The van der Waals surface area contributed by atoms with Crippen LogP contribution in [0.3, 0.4) is 0 Å². The van der Waals surface area contributed by atoms with Gasteiger partial charge in [-0.05, 0) is 32.6 Å². The highest BCUT2D eigenvalue weighted by molar-refractivity contribution is 7.80. The fourth-order valence-electron chi connectivity index (χ4n) is 2.82. The van der Waals surface area contributed by atoms with E-state index in [1.807, 2.05) is 25.2 Å². The molecule has 0 amide bonds. The number of thiocarbonyl (C=S) groups is 1. The highest BCUT2D eigenvalue weighted by atomic mass is 32.1. The van der Waals surface area contributed by atoms with Gasteiger partial charge in [0, 0.05) is 31.1 Å². The molecule has 9 heteroatoms. The van der Waals surface area contributed by atoms with Crippen LogP contribution in [0.1, 0.15) is 12.1 Å². The minimum Gasteiger partial charge on any atom is -0.486 e. The molecule has 8 nitrogen and oxygen atoms in total. The number of hydrogen-bond donors (Lipinski definition) is 2. The van der Waals surface area contributed by atoms with E-state index in [9.17, 15) is 9.59 Å². The average Bonchev–Trinajstić information content (AvgIpc) is 2.80. The van der Waals surface area contributed by atoms with Crippen molar-refractivity contribution in [1.29, 1.82) is 0 Å². The number of hydrogen-bond acceptors (Lipinski definition) is 6. The normalized spacial score (nSPS) is 15.9. The Morgan fingerprint density at radius 1 is 1.27 bits per heavy atom. The third kappa shape index (κ3) is 6.78. The molecular weight excluding hydrogens is 406 g/mol. The zero-order valence-corrected chi connectivity index (χ0v) is 17.9. The van der Waals surface area contributed by atoms with Gasteiger partial charge in [0.05, 0.1) is 12.1 Å². The number of fused-ring (bicyclic) bond motifs is 2. The van der Waals surface area contributed by atoms with Crippen molar-refractivity contribution >= 4 is 40.0 Å². The maximum absolute atomic E-state index is 9.55. The van der Waals surface area contributed by atoms with Crippen LogP contribution >= 0.6 is 12.2 Å². The van der Waals surface area contributed by atoms with Crippen molar-refractivity contribution in [2.45, 2.75) is 12.5 Å². The highest BCUT2D eigenvalue weighted by Crippen LogP contribution is 2.28. The lowest BCUT2D eigenvalue weighted by atomic mass is 10.2. The first kappa shape index (κ1) is 23.2. The maximum Gasteiger partial charge on any atom is 0.328 e. The number of carboxylic acid groups (broad SMARTS) is 2. The summed E-state index contributed by atoms with van der Waals surface area (Å²) in [6.07, 6.45) is 2.20. The standard InChI is InChI=1S/C17H21N3OS.C4H4O4/c1-19(2)9-8-13-11-20(3)17(22)16-15(21-13)10-12-6-4-5-7-14(12)18-16;5-3(6)1-2-4(7)8/h4-7,10,13H,8-9,11H2,1-3H3;1-2H,(H,5,6)(H,7,8). The van der Waals surface area contributed by atoms with Gasteiger partial charge in [-0.15, -0.1) is 0 Å². The number of para-hydroxylation sites is 1. The lowest BCUT2D eigenvalue weighted by molar-refractivity contribution is -0.134. The first-order valence-electron chi connectivity index (χ1n) is 9.28. The average molecular weight is 432 g/mol. The van der Waals surface area contributed by atoms with E-state index in [2.05, 4.69) is 36.0 Å². The van der Waals surface area contributed by atoms with E-state index in [4.69, 9.17) is 32.2 Å². The summed E-state index contributed by atoms with van der Waals surface area (Å²) in [4.78, 5) is 28.8. The van der Waals surface area contributed by atoms with Gasteiger partial charge in [0.25, 0.3) is 0 Å². The first-order chi connectivity index (χ1) is 14.2. The lowest BCUT2D eigenvalue weighted by Gasteiger charge is -2.22. The van der Waals surface area contributed by atoms with Gasteiger partial charge in [-0.1, -0.05) is 30.4 Å².